The molecule has 0 amide bonds. The minimum Gasteiger partial charge on any atom is -0.157 e. The molecule has 0 radical (unpaired) electrons. The Morgan fingerprint density at radius 1 is 1.44 bits per heavy atom. The number of rotatable bonds is 4. The lowest BCUT2D eigenvalue weighted by Gasteiger charge is -2.25. The molecule has 2 rings (SSSR count). The van der Waals surface area contributed by atoms with Crippen LogP contribution >= 0.6 is 23.4 Å². The Hall–Kier alpha value is -0.140. The van der Waals surface area contributed by atoms with Crippen molar-refractivity contribution in [2.75, 3.05) is 11.6 Å². The maximum absolute atomic E-state index is 5.85. The van der Waals surface area contributed by atoms with Crippen LogP contribution in [0.2, 0.25) is 0 Å². The fourth-order valence-electron chi connectivity index (χ4n) is 2.35. The molecule has 0 spiro atoms. The van der Waals surface area contributed by atoms with Gasteiger partial charge < -0.3 is 0 Å². The maximum atomic E-state index is 5.85. The third-order valence-electron chi connectivity index (χ3n) is 3.29. The van der Waals surface area contributed by atoms with Crippen LogP contribution in [0.5, 0.6) is 0 Å². The molecule has 2 heteroatoms. The van der Waals surface area contributed by atoms with E-state index in [0.717, 1.165) is 11.8 Å². The van der Waals surface area contributed by atoms with Crippen molar-refractivity contribution in [1.82, 2.24) is 0 Å². The molecule has 0 aliphatic heterocycles. The third kappa shape index (κ3) is 2.95. The lowest BCUT2D eigenvalue weighted by Crippen LogP contribution is -2.13. The first-order chi connectivity index (χ1) is 7.81. The van der Waals surface area contributed by atoms with Crippen LogP contribution in [0, 0.1) is 0 Å². The average molecular weight is 255 g/mol. The van der Waals surface area contributed by atoms with Gasteiger partial charge in [-0.15, -0.1) is 11.6 Å². The van der Waals surface area contributed by atoms with Crippen LogP contribution in [0.15, 0.2) is 24.3 Å². The van der Waals surface area contributed by atoms with Gasteiger partial charge in [-0.2, -0.15) is 11.8 Å². The predicted molar refractivity (Wildman–Crippen MR) is 74.8 cm³/mol. The normalized spacial score (nSPS) is 21.5. The molecule has 0 bridgehead atoms. The molecule has 1 aromatic rings. The summed E-state index contributed by atoms with van der Waals surface area (Å²) in [6.45, 7) is 2.21. The zero-order valence-electron chi connectivity index (χ0n) is 9.79. The van der Waals surface area contributed by atoms with Crippen LogP contribution in [0.3, 0.4) is 0 Å². The lowest BCUT2D eigenvalue weighted by molar-refractivity contribution is 0.596. The van der Waals surface area contributed by atoms with E-state index < -0.39 is 0 Å². The van der Waals surface area contributed by atoms with Gasteiger partial charge in [0.25, 0.3) is 0 Å². The summed E-state index contributed by atoms with van der Waals surface area (Å²) >= 11 is 7.86. The van der Waals surface area contributed by atoms with Crippen molar-refractivity contribution in [3.63, 3.8) is 0 Å². The molecule has 0 saturated carbocycles. The van der Waals surface area contributed by atoms with Gasteiger partial charge in [-0.05, 0) is 36.3 Å². The van der Waals surface area contributed by atoms with Gasteiger partial charge in [0.2, 0.25) is 0 Å². The Labute approximate surface area is 108 Å². The minimum atomic E-state index is 0.579. The van der Waals surface area contributed by atoms with E-state index in [0.29, 0.717) is 5.25 Å². The highest BCUT2D eigenvalue weighted by atomic mass is 35.5. The summed E-state index contributed by atoms with van der Waals surface area (Å²) in [5, 5.41) is 0.579. The highest BCUT2D eigenvalue weighted by Crippen LogP contribution is 2.34. The molecule has 1 aromatic carbocycles. The third-order valence-corrected chi connectivity index (χ3v) is 5.27. The second-order valence-corrected chi connectivity index (χ2v) is 6.37. The summed E-state index contributed by atoms with van der Waals surface area (Å²) in [6, 6.07) is 8.94. The van der Waals surface area contributed by atoms with Crippen molar-refractivity contribution in [3.05, 3.63) is 35.4 Å². The predicted octanol–water partition coefficient (Wildman–Crippen LogP) is 4.47. The van der Waals surface area contributed by atoms with Crippen molar-refractivity contribution < 1.29 is 0 Å². The first-order valence-electron chi connectivity index (χ1n) is 6.06. The number of halogens is 1. The monoisotopic (exact) mass is 254 g/mol. The quantitative estimate of drug-likeness (QED) is 0.715. The number of alkyl halides is 1. The van der Waals surface area contributed by atoms with E-state index in [1.807, 2.05) is 11.8 Å². The number of hydrogen-bond acceptors (Lipinski definition) is 1. The summed E-state index contributed by atoms with van der Waals surface area (Å²) < 4.78 is 0. The van der Waals surface area contributed by atoms with Gasteiger partial charge in [0.1, 0.15) is 0 Å². The zero-order valence-corrected chi connectivity index (χ0v) is 11.4. The number of thioether (sulfide) groups is 1. The fraction of sp³-hybridized carbons (Fsp3) is 0.571. The van der Waals surface area contributed by atoms with E-state index in [1.165, 1.54) is 25.0 Å². The molecule has 0 aromatic heterocycles. The lowest BCUT2D eigenvalue weighted by atomic mass is 9.84. The van der Waals surface area contributed by atoms with Crippen LogP contribution < -0.4 is 0 Å². The highest BCUT2D eigenvalue weighted by Gasteiger charge is 2.20. The smallest absolute Gasteiger partial charge is 0.0339 e. The van der Waals surface area contributed by atoms with Crippen molar-refractivity contribution >= 4 is 23.4 Å². The average Bonchev–Trinajstić information content (AvgIpc) is 2.35. The fourth-order valence-corrected chi connectivity index (χ4v) is 3.62. The number of hydrogen-bond donors (Lipinski definition) is 0. The van der Waals surface area contributed by atoms with E-state index >= 15 is 0 Å². The van der Waals surface area contributed by atoms with Crippen LogP contribution in [-0.4, -0.2) is 16.9 Å². The molecule has 0 heterocycles. The van der Waals surface area contributed by atoms with E-state index in [-0.39, 0.29) is 0 Å². The van der Waals surface area contributed by atoms with Gasteiger partial charge in [-0.1, -0.05) is 31.2 Å². The summed E-state index contributed by atoms with van der Waals surface area (Å²) in [6.07, 6.45) is 3.96. The molecule has 88 valence electrons. The Morgan fingerprint density at radius 2 is 2.25 bits per heavy atom. The van der Waals surface area contributed by atoms with Gasteiger partial charge in [-0.3, -0.25) is 0 Å². The van der Waals surface area contributed by atoms with Crippen LogP contribution in [-0.2, 0) is 6.42 Å². The summed E-state index contributed by atoms with van der Waals surface area (Å²) in [7, 11) is 0. The maximum Gasteiger partial charge on any atom is 0.0339 e. The van der Waals surface area contributed by atoms with Gasteiger partial charge in [0.05, 0.1) is 0 Å². The molecule has 0 fully saturated rings. The first-order valence-corrected chi connectivity index (χ1v) is 7.65. The standard InChI is InChI=1S/C14H19ClS/c1-11(9-15)16-10-13-7-4-6-12-5-2-3-8-14(12)13/h2-3,5,8,11,13H,4,6-7,9-10H2,1H3. The molecule has 1 aliphatic rings. The largest absolute Gasteiger partial charge is 0.157 e. The molecular formula is C14H19ClS. The summed E-state index contributed by atoms with van der Waals surface area (Å²) in [5.74, 6) is 2.74. The number of aryl methyl sites for hydroxylation is 1. The van der Waals surface area contributed by atoms with Gasteiger partial charge >= 0.3 is 0 Å². The molecule has 16 heavy (non-hydrogen) atoms. The molecule has 2 atom stereocenters. The van der Waals surface area contributed by atoms with E-state index in [1.54, 1.807) is 11.1 Å². The van der Waals surface area contributed by atoms with Crippen LogP contribution in [0.4, 0.5) is 0 Å². The minimum absolute atomic E-state index is 0.579. The second kappa shape index (κ2) is 5.97. The topological polar surface area (TPSA) is 0 Å². The molecular weight excluding hydrogens is 236 g/mol. The van der Waals surface area contributed by atoms with E-state index in [4.69, 9.17) is 11.6 Å². The van der Waals surface area contributed by atoms with Gasteiger partial charge in [-0.25, -0.2) is 0 Å². The van der Waals surface area contributed by atoms with Gasteiger partial charge in [0, 0.05) is 16.9 Å². The Bertz CT molecular complexity index is 337. The summed E-state index contributed by atoms with van der Waals surface area (Å²) in [5.41, 5.74) is 3.15. The molecule has 0 nitrogen and oxygen atoms in total. The first kappa shape index (κ1) is 12.3. The Morgan fingerprint density at radius 3 is 3.06 bits per heavy atom. The molecule has 2 unspecified atom stereocenters. The zero-order chi connectivity index (χ0) is 11.4. The van der Waals surface area contributed by atoms with E-state index in [9.17, 15) is 0 Å². The Balaban J connectivity index is 2.01. The Kier molecular flexibility index (Phi) is 4.60. The second-order valence-electron chi connectivity index (χ2n) is 4.59. The molecule has 0 saturated heterocycles. The van der Waals surface area contributed by atoms with Crippen LogP contribution in [0.1, 0.15) is 36.8 Å². The molecule has 1 aliphatic carbocycles. The number of fused-ring (bicyclic) bond motifs is 1. The SMILES string of the molecule is CC(CCl)SCC1CCCc2ccccc21. The highest BCUT2D eigenvalue weighted by molar-refractivity contribution is 8.00. The number of benzene rings is 1. The van der Waals surface area contributed by atoms with Crippen molar-refractivity contribution in [2.24, 2.45) is 0 Å². The van der Waals surface area contributed by atoms with Gasteiger partial charge in [0.15, 0.2) is 0 Å². The van der Waals surface area contributed by atoms with Crippen molar-refractivity contribution in [1.29, 1.82) is 0 Å². The van der Waals surface area contributed by atoms with Crippen molar-refractivity contribution in [2.45, 2.75) is 37.4 Å². The van der Waals surface area contributed by atoms with Crippen molar-refractivity contribution in [3.8, 4) is 0 Å². The van der Waals surface area contributed by atoms with E-state index in [2.05, 4.69) is 31.2 Å². The summed E-state index contributed by atoms with van der Waals surface area (Å²) in [4.78, 5) is 0. The van der Waals surface area contributed by atoms with Crippen LogP contribution in [0.25, 0.3) is 0 Å². The molecule has 0 N–H and O–H groups in total.